The van der Waals surface area contributed by atoms with E-state index in [1.54, 1.807) is 0 Å². The van der Waals surface area contributed by atoms with Crippen molar-refractivity contribution < 1.29 is 4.74 Å². The molecule has 19 heavy (non-hydrogen) atoms. The van der Waals surface area contributed by atoms with Gasteiger partial charge in [0.05, 0.1) is 0 Å². The first kappa shape index (κ1) is 15.0. The second kappa shape index (κ2) is 7.41. The lowest BCUT2D eigenvalue weighted by atomic mass is 9.76. The van der Waals surface area contributed by atoms with Crippen molar-refractivity contribution in [1.82, 2.24) is 5.32 Å². The molecule has 0 saturated carbocycles. The highest BCUT2D eigenvalue weighted by molar-refractivity contribution is 7.09. The molecule has 1 aromatic rings. The largest absolute Gasteiger partial charge is 0.381 e. The van der Waals surface area contributed by atoms with Gasteiger partial charge >= 0.3 is 0 Å². The average molecular weight is 281 g/mol. The van der Waals surface area contributed by atoms with E-state index < -0.39 is 0 Å². The monoisotopic (exact) mass is 281 g/mol. The molecular formula is C16H27NOS. The van der Waals surface area contributed by atoms with Crippen LogP contribution in [0.15, 0.2) is 17.5 Å². The van der Waals surface area contributed by atoms with Gasteiger partial charge in [0.15, 0.2) is 0 Å². The van der Waals surface area contributed by atoms with E-state index in [-0.39, 0.29) is 0 Å². The van der Waals surface area contributed by atoms with Crippen molar-refractivity contribution in [3.8, 4) is 0 Å². The van der Waals surface area contributed by atoms with E-state index in [1.165, 1.54) is 30.6 Å². The molecular weight excluding hydrogens is 254 g/mol. The molecule has 1 saturated heterocycles. The highest BCUT2D eigenvalue weighted by Gasteiger charge is 2.31. The predicted molar refractivity (Wildman–Crippen MR) is 82.8 cm³/mol. The maximum atomic E-state index is 5.56. The molecule has 2 nitrogen and oxygen atoms in total. The van der Waals surface area contributed by atoms with Gasteiger partial charge in [0.25, 0.3) is 0 Å². The molecule has 108 valence electrons. The van der Waals surface area contributed by atoms with Crippen molar-refractivity contribution in [2.45, 2.75) is 39.5 Å². The standard InChI is InChI=1S/C16H27NOS/c1-14(2)12-17-13-16(7-9-18-10-8-16)6-5-15-4-3-11-19-15/h3-4,11,14,17H,5-10,12-13H2,1-2H3. The molecule has 3 heteroatoms. The van der Waals surface area contributed by atoms with Gasteiger partial charge in [0.2, 0.25) is 0 Å². The van der Waals surface area contributed by atoms with Gasteiger partial charge in [-0.05, 0) is 55.0 Å². The van der Waals surface area contributed by atoms with E-state index in [9.17, 15) is 0 Å². The third-order valence-corrected chi connectivity index (χ3v) is 5.02. The summed E-state index contributed by atoms with van der Waals surface area (Å²) in [7, 11) is 0. The summed E-state index contributed by atoms with van der Waals surface area (Å²) in [6.45, 7) is 8.70. The van der Waals surface area contributed by atoms with E-state index in [0.29, 0.717) is 5.41 Å². The Labute approximate surface area is 121 Å². The molecule has 0 atom stereocenters. The number of aryl methyl sites for hydroxylation is 1. The minimum atomic E-state index is 0.455. The molecule has 1 N–H and O–H groups in total. The third kappa shape index (κ3) is 4.90. The first-order valence-corrected chi connectivity index (χ1v) is 8.39. The molecule has 1 aliphatic heterocycles. The lowest BCUT2D eigenvalue weighted by Crippen LogP contribution is -2.40. The predicted octanol–water partition coefficient (Wildman–Crippen LogP) is 3.72. The maximum Gasteiger partial charge on any atom is 0.0471 e. The summed E-state index contributed by atoms with van der Waals surface area (Å²) >= 11 is 1.89. The quantitative estimate of drug-likeness (QED) is 0.822. The zero-order valence-corrected chi connectivity index (χ0v) is 13.1. The molecule has 0 bridgehead atoms. The number of nitrogens with one attached hydrogen (secondary N) is 1. The summed E-state index contributed by atoms with van der Waals surface area (Å²) < 4.78 is 5.56. The number of hydrogen-bond acceptors (Lipinski definition) is 3. The van der Waals surface area contributed by atoms with Gasteiger partial charge in [-0.2, -0.15) is 0 Å². The Morgan fingerprint density at radius 1 is 1.37 bits per heavy atom. The van der Waals surface area contributed by atoms with Crippen molar-refractivity contribution in [2.75, 3.05) is 26.3 Å². The molecule has 1 aromatic heterocycles. The first-order chi connectivity index (χ1) is 9.20. The average Bonchev–Trinajstić information content (AvgIpc) is 2.90. The number of ether oxygens (including phenoxy) is 1. The minimum Gasteiger partial charge on any atom is -0.381 e. The Bertz CT molecular complexity index is 342. The van der Waals surface area contributed by atoms with Gasteiger partial charge in [-0.3, -0.25) is 0 Å². The van der Waals surface area contributed by atoms with Gasteiger partial charge in [-0.1, -0.05) is 19.9 Å². The van der Waals surface area contributed by atoms with Crippen molar-refractivity contribution in [1.29, 1.82) is 0 Å². The Balaban J connectivity index is 1.86. The van der Waals surface area contributed by atoms with Crippen LogP contribution in [-0.4, -0.2) is 26.3 Å². The van der Waals surface area contributed by atoms with Crippen molar-refractivity contribution >= 4 is 11.3 Å². The van der Waals surface area contributed by atoms with E-state index in [2.05, 4.69) is 36.7 Å². The van der Waals surface area contributed by atoms with Gasteiger partial charge in [0.1, 0.15) is 0 Å². The Morgan fingerprint density at radius 2 is 2.16 bits per heavy atom. The van der Waals surface area contributed by atoms with Crippen LogP contribution in [0.4, 0.5) is 0 Å². The van der Waals surface area contributed by atoms with Crippen LogP contribution in [0, 0.1) is 11.3 Å². The van der Waals surface area contributed by atoms with Crippen LogP contribution < -0.4 is 5.32 Å². The zero-order valence-electron chi connectivity index (χ0n) is 12.3. The molecule has 0 spiro atoms. The molecule has 0 aromatic carbocycles. The molecule has 0 aliphatic carbocycles. The third-order valence-electron chi connectivity index (χ3n) is 4.09. The van der Waals surface area contributed by atoms with Gasteiger partial charge in [0, 0.05) is 24.6 Å². The molecule has 0 radical (unpaired) electrons. The number of thiophene rings is 1. The summed E-state index contributed by atoms with van der Waals surface area (Å²) in [5.74, 6) is 0.731. The molecule has 2 heterocycles. The van der Waals surface area contributed by atoms with E-state index in [0.717, 1.165) is 32.2 Å². The molecule has 1 fully saturated rings. The Kier molecular flexibility index (Phi) is 5.86. The number of rotatable bonds is 7. The second-order valence-corrected chi connectivity index (χ2v) is 7.25. The van der Waals surface area contributed by atoms with Crippen LogP contribution >= 0.6 is 11.3 Å². The fourth-order valence-corrected chi connectivity index (χ4v) is 3.50. The Morgan fingerprint density at radius 3 is 2.79 bits per heavy atom. The van der Waals surface area contributed by atoms with Crippen LogP contribution in [0.1, 0.15) is 38.0 Å². The SMILES string of the molecule is CC(C)CNCC1(CCc2cccs2)CCOCC1. The summed E-state index contributed by atoms with van der Waals surface area (Å²) in [4.78, 5) is 1.52. The molecule has 0 unspecified atom stereocenters. The van der Waals surface area contributed by atoms with Gasteiger partial charge < -0.3 is 10.1 Å². The first-order valence-electron chi connectivity index (χ1n) is 7.51. The summed E-state index contributed by atoms with van der Waals surface area (Å²) in [5, 5.41) is 5.86. The fourth-order valence-electron chi connectivity index (χ4n) is 2.79. The highest BCUT2D eigenvalue weighted by atomic mass is 32.1. The molecule has 2 rings (SSSR count). The normalized spacial score (nSPS) is 18.9. The maximum absolute atomic E-state index is 5.56. The van der Waals surface area contributed by atoms with Crippen LogP contribution in [0.2, 0.25) is 0 Å². The minimum absolute atomic E-state index is 0.455. The van der Waals surface area contributed by atoms with E-state index >= 15 is 0 Å². The Hall–Kier alpha value is -0.380. The fraction of sp³-hybridized carbons (Fsp3) is 0.750. The van der Waals surface area contributed by atoms with Crippen molar-refractivity contribution in [2.24, 2.45) is 11.3 Å². The summed E-state index contributed by atoms with van der Waals surface area (Å²) in [6, 6.07) is 4.42. The van der Waals surface area contributed by atoms with Gasteiger partial charge in [-0.25, -0.2) is 0 Å². The summed E-state index contributed by atoms with van der Waals surface area (Å²) in [6.07, 6.45) is 4.94. The molecule has 1 aliphatic rings. The van der Waals surface area contributed by atoms with Crippen LogP contribution in [0.3, 0.4) is 0 Å². The topological polar surface area (TPSA) is 21.3 Å². The van der Waals surface area contributed by atoms with Crippen molar-refractivity contribution in [3.63, 3.8) is 0 Å². The van der Waals surface area contributed by atoms with Gasteiger partial charge in [-0.15, -0.1) is 11.3 Å². The van der Waals surface area contributed by atoms with Crippen LogP contribution in [0.5, 0.6) is 0 Å². The molecule has 0 amide bonds. The summed E-state index contributed by atoms with van der Waals surface area (Å²) in [5.41, 5.74) is 0.455. The second-order valence-electron chi connectivity index (χ2n) is 6.22. The number of hydrogen-bond donors (Lipinski definition) is 1. The zero-order chi connectivity index (χ0) is 13.6. The van der Waals surface area contributed by atoms with Crippen LogP contribution in [0.25, 0.3) is 0 Å². The highest BCUT2D eigenvalue weighted by Crippen LogP contribution is 2.35. The lowest BCUT2D eigenvalue weighted by Gasteiger charge is -2.38. The smallest absolute Gasteiger partial charge is 0.0471 e. The van der Waals surface area contributed by atoms with Crippen molar-refractivity contribution in [3.05, 3.63) is 22.4 Å². The van der Waals surface area contributed by atoms with E-state index in [4.69, 9.17) is 4.74 Å². The van der Waals surface area contributed by atoms with E-state index in [1.807, 2.05) is 11.3 Å². The van der Waals surface area contributed by atoms with Crippen LogP contribution in [-0.2, 0) is 11.2 Å². The lowest BCUT2D eigenvalue weighted by molar-refractivity contribution is 0.0104.